The normalized spacial score (nSPS) is 10.8. The number of ether oxygens (including phenoxy) is 1. The molecule has 0 unspecified atom stereocenters. The van der Waals surface area contributed by atoms with Crippen LogP contribution in [0.1, 0.15) is 25.1 Å². The Kier molecular flexibility index (Phi) is 4.07. The minimum Gasteiger partial charge on any atom is -0.473 e. The van der Waals surface area contributed by atoms with Crippen molar-refractivity contribution in [3.05, 3.63) is 23.8 Å². The molecule has 2 aromatic rings. The van der Waals surface area contributed by atoms with E-state index in [0.29, 0.717) is 23.9 Å². The Morgan fingerprint density at radius 2 is 2.15 bits per heavy atom. The quantitative estimate of drug-likeness (QED) is 0.860. The zero-order chi connectivity index (χ0) is 14.7. The Balaban J connectivity index is 2.11. The molecule has 3 N–H and O–H groups in total. The van der Waals surface area contributed by atoms with Gasteiger partial charge in [0.2, 0.25) is 5.88 Å². The number of rotatable bonds is 5. The highest BCUT2D eigenvalue weighted by Gasteiger charge is 2.11. The summed E-state index contributed by atoms with van der Waals surface area (Å²) in [6.07, 6.45) is 3.42. The summed E-state index contributed by atoms with van der Waals surface area (Å²) < 4.78 is 7.31. The first kappa shape index (κ1) is 14.1. The lowest BCUT2D eigenvalue weighted by molar-refractivity contribution is 0.234. The molecule has 0 radical (unpaired) electrons. The van der Waals surface area contributed by atoms with Crippen LogP contribution in [-0.4, -0.2) is 25.9 Å². The van der Waals surface area contributed by atoms with E-state index in [1.807, 2.05) is 34.0 Å². The summed E-state index contributed by atoms with van der Waals surface area (Å²) in [5.74, 6) is 0.972. The van der Waals surface area contributed by atoms with Gasteiger partial charge in [-0.3, -0.25) is 4.68 Å². The molecule has 0 spiro atoms. The van der Waals surface area contributed by atoms with Crippen LogP contribution < -0.4 is 15.8 Å². The molecule has 0 aliphatic rings. The number of hydrogen-bond acceptors (Lipinski definition) is 6. The van der Waals surface area contributed by atoms with E-state index in [4.69, 9.17) is 10.5 Å². The molecule has 20 heavy (non-hydrogen) atoms. The molecular weight excluding hydrogens is 256 g/mol. The summed E-state index contributed by atoms with van der Waals surface area (Å²) in [6.45, 7) is 6.41. The molecule has 7 heteroatoms. The molecular formula is C13H20N6O. The van der Waals surface area contributed by atoms with Gasteiger partial charge in [0.05, 0.1) is 11.8 Å². The molecule has 0 aliphatic carbocycles. The Labute approximate surface area is 118 Å². The van der Waals surface area contributed by atoms with Gasteiger partial charge >= 0.3 is 0 Å². The van der Waals surface area contributed by atoms with Crippen molar-refractivity contribution in [2.24, 2.45) is 7.05 Å². The van der Waals surface area contributed by atoms with E-state index < -0.39 is 0 Å². The molecule has 2 heterocycles. The van der Waals surface area contributed by atoms with Gasteiger partial charge in [0, 0.05) is 25.4 Å². The molecule has 0 saturated carbocycles. The van der Waals surface area contributed by atoms with Crippen LogP contribution in [0.5, 0.6) is 5.88 Å². The molecule has 2 aromatic heterocycles. The molecule has 0 amide bonds. The highest BCUT2D eigenvalue weighted by Crippen LogP contribution is 2.25. The molecule has 0 atom stereocenters. The third kappa shape index (κ3) is 3.17. The smallest absolute Gasteiger partial charge is 0.242 e. The van der Waals surface area contributed by atoms with Gasteiger partial charge in [-0.05, 0) is 20.8 Å². The zero-order valence-corrected chi connectivity index (χ0v) is 12.2. The first-order chi connectivity index (χ1) is 9.47. The average molecular weight is 276 g/mol. The third-order valence-corrected chi connectivity index (χ3v) is 2.76. The summed E-state index contributed by atoms with van der Waals surface area (Å²) in [6, 6.07) is 0. The highest BCUT2D eigenvalue weighted by atomic mass is 16.5. The maximum atomic E-state index is 6.01. The fourth-order valence-electron chi connectivity index (χ4n) is 1.84. The van der Waals surface area contributed by atoms with E-state index >= 15 is 0 Å². The molecule has 0 saturated heterocycles. The number of hydrogen-bond donors (Lipinski definition) is 2. The highest BCUT2D eigenvalue weighted by molar-refractivity contribution is 5.66. The fraction of sp³-hybridized carbons (Fsp3) is 0.462. The lowest BCUT2D eigenvalue weighted by Crippen LogP contribution is -2.12. The molecule has 108 valence electrons. The largest absolute Gasteiger partial charge is 0.473 e. The second-order valence-corrected chi connectivity index (χ2v) is 4.87. The van der Waals surface area contributed by atoms with Crippen molar-refractivity contribution in [2.45, 2.75) is 33.4 Å². The van der Waals surface area contributed by atoms with Crippen molar-refractivity contribution < 1.29 is 4.74 Å². The van der Waals surface area contributed by atoms with Gasteiger partial charge in [-0.25, -0.2) is 4.98 Å². The van der Waals surface area contributed by atoms with Crippen molar-refractivity contribution in [1.82, 2.24) is 19.7 Å². The second-order valence-electron chi connectivity index (χ2n) is 4.87. The summed E-state index contributed by atoms with van der Waals surface area (Å²) >= 11 is 0. The molecule has 0 bridgehead atoms. The minimum absolute atomic E-state index is 0.0145. The topological polar surface area (TPSA) is 90.9 Å². The maximum Gasteiger partial charge on any atom is 0.242 e. The number of anilines is 2. The third-order valence-electron chi connectivity index (χ3n) is 2.76. The van der Waals surface area contributed by atoms with Crippen LogP contribution in [-0.2, 0) is 13.6 Å². The van der Waals surface area contributed by atoms with Gasteiger partial charge in [-0.2, -0.15) is 10.1 Å². The maximum absolute atomic E-state index is 6.01. The average Bonchev–Trinajstić information content (AvgIpc) is 2.68. The molecule has 2 rings (SSSR count). The van der Waals surface area contributed by atoms with Gasteiger partial charge in [-0.15, -0.1) is 0 Å². The van der Waals surface area contributed by atoms with Crippen molar-refractivity contribution in [2.75, 3.05) is 11.1 Å². The fourth-order valence-corrected chi connectivity index (χ4v) is 1.84. The number of aromatic nitrogens is 4. The predicted octanol–water partition coefficient (Wildman–Crippen LogP) is 1.50. The zero-order valence-electron chi connectivity index (χ0n) is 12.2. The molecule has 0 aliphatic heterocycles. The Morgan fingerprint density at radius 3 is 2.75 bits per heavy atom. The van der Waals surface area contributed by atoms with Crippen LogP contribution in [0.25, 0.3) is 0 Å². The van der Waals surface area contributed by atoms with E-state index in [1.165, 1.54) is 6.33 Å². The van der Waals surface area contributed by atoms with Gasteiger partial charge in [0.15, 0.2) is 5.82 Å². The van der Waals surface area contributed by atoms with Crippen LogP contribution in [0.15, 0.2) is 12.5 Å². The van der Waals surface area contributed by atoms with E-state index in [0.717, 1.165) is 11.3 Å². The Morgan fingerprint density at radius 1 is 1.40 bits per heavy atom. The van der Waals surface area contributed by atoms with Crippen molar-refractivity contribution in [3.8, 4) is 5.88 Å². The van der Waals surface area contributed by atoms with Gasteiger partial charge in [0.1, 0.15) is 12.0 Å². The summed E-state index contributed by atoms with van der Waals surface area (Å²) in [4.78, 5) is 8.18. The first-order valence-corrected chi connectivity index (χ1v) is 6.47. The lowest BCUT2D eigenvalue weighted by Gasteiger charge is -2.13. The second kappa shape index (κ2) is 5.77. The minimum atomic E-state index is 0.0145. The molecule has 0 aromatic carbocycles. The lowest BCUT2D eigenvalue weighted by atomic mass is 10.2. The van der Waals surface area contributed by atoms with Gasteiger partial charge in [-0.1, -0.05) is 0 Å². The van der Waals surface area contributed by atoms with E-state index in [1.54, 1.807) is 4.68 Å². The van der Waals surface area contributed by atoms with E-state index in [-0.39, 0.29) is 6.10 Å². The number of nitrogens with two attached hydrogens (primary N) is 1. The van der Waals surface area contributed by atoms with Gasteiger partial charge < -0.3 is 15.8 Å². The number of aryl methyl sites for hydroxylation is 2. The van der Waals surface area contributed by atoms with Crippen LogP contribution in [0.3, 0.4) is 0 Å². The summed E-state index contributed by atoms with van der Waals surface area (Å²) in [5, 5.41) is 7.48. The Bertz CT molecular complexity index is 593. The first-order valence-electron chi connectivity index (χ1n) is 6.47. The van der Waals surface area contributed by atoms with Crippen LogP contribution >= 0.6 is 0 Å². The number of nitrogen functional groups attached to an aromatic ring is 1. The van der Waals surface area contributed by atoms with Crippen molar-refractivity contribution >= 4 is 11.5 Å². The van der Waals surface area contributed by atoms with Crippen molar-refractivity contribution in [3.63, 3.8) is 0 Å². The van der Waals surface area contributed by atoms with Crippen LogP contribution in [0.4, 0.5) is 11.5 Å². The van der Waals surface area contributed by atoms with Crippen LogP contribution in [0.2, 0.25) is 0 Å². The Hall–Kier alpha value is -2.31. The molecule has 7 nitrogen and oxygen atoms in total. The van der Waals surface area contributed by atoms with Crippen LogP contribution in [0, 0.1) is 6.92 Å². The number of nitrogens with one attached hydrogen (secondary N) is 1. The van der Waals surface area contributed by atoms with Gasteiger partial charge in [0.25, 0.3) is 0 Å². The molecule has 0 fully saturated rings. The van der Waals surface area contributed by atoms with E-state index in [9.17, 15) is 0 Å². The summed E-state index contributed by atoms with van der Waals surface area (Å²) in [7, 11) is 1.89. The van der Waals surface area contributed by atoms with E-state index in [2.05, 4.69) is 20.4 Å². The van der Waals surface area contributed by atoms with Crippen molar-refractivity contribution in [1.29, 1.82) is 0 Å². The SMILES string of the molecule is Cc1nn(C)cc1CNc1ncnc(OC(C)C)c1N. The standard InChI is InChI=1S/C13H20N6O/c1-8(2)20-13-11(14)12(16-7-17-13)15-5-10-6-19(4)18-9(10)3/h6-8H,5,14H2,1-4H3,(H,15,16,17). The monoisotopic (exact) mass is 276 g/mol. The summed E-state index contributed by atoms with van der Waals surface area (Å²) in [5.41, 5.74) is 8.50. The predicted molar refractivity (Wildman–Crippen MR) is 77.5 cm³/mol. The number of nitrogens with zero attached hydrogens (tertiary/aromatic N) is 4.